The number of carbonyl (C=O) groups is 1. The Morgan fingerprint density at radius 3 is 2.35 bits per heavy atom. The molecule has 1 atom stereocenters. The van der Waals surface area contributed by atoms with E-state index < -0.39 is 10.0 Å². The van der Waals surface area contributed by atoms with E-state index in [-0.39, 0.29) is 5.91 Å². The zero-order chi connectivity index (χ0) is 24.5. The van der Waals surface area contributed by atoms with Crippen LogP contribution < -0.4 is 5.32 Å². The molecule has 0 spiro atoms. The fraction of sp³-hybridized carbons (Fsp3) is 0.741. The number of hydrogen-bond donors (Lipinski definition) is 1. The Kier molecular flexibility index (Phi) is 8.05. The van der Waals surface area contributed by atoms with Crippen molar-refractivity contribution in [2.75, 3.05) is 32.4 Å². The molecule has 0 aromatic heterocycles. The van der Waals surface area contributed by atoms with Crippen LogP contribution in [0.3, 0.4) is 0 Å². The molecule has 4 rings (SSSR count). The fourth-order valence-corrected chi connectivity index (χ4v) is 7.15. The molecule has 1 aromatic rings. The van der Waals surface area contributed by atoms with Crippen LogP contribution in [-0.2, 0) is 16.6 Å². The minimum atomic E-state index is -3.11. The van der Waals surface area contributed by atoms with Crippen LogP contribution in [0.5, 0.6) is 0 Å². The van der Waals surface area contributed by atoms with E-state index in [2.05, 4.69) is 43.1 Å². The second kappa shape index (κ2) is 10.7. The zero-order valence-electron chi connectivity index (χ0n) is 21.4. The van der Waals surface area contributed by atoms with Gasteiger partial charge in [-0.25, -0.2) is 12.7 Å². The third-order valence-corrected chi connectivity index (χ3v) is 9.65. The van der Waals surface area contributed by atoms with Crippen molar-refractivity contribution in [1.82, 2.24) is 14.5 Å². The maximum atomic E-state index is 12.9. The number of nitrogens with one attached hydrogen (secondary N) is 1. The van der Waals surface area contributed by atoms with Crippen molar-refractivity contribution in [3.8, 4) is 0 Å². The average molecular weight is 490 g/mol. The Morgan fingerprint density at radius 2 is 1.74 bits per heavy atom. The molecule has 0 radical (unpaired) electrons. The Balaban J connectivity index is 1.35. The highest BCUT2D eigenvalue weighted by molar-refractivity contribution is 7.88. The second-order valence-electron chi connectivity index (χ2n) is 11.5. The summed E-state index contributed by atoms with van der Waals surface area (Å²) in [4.78, 5) is 15.6. The summed E-state index contributed by atoms with van der Waals surface area (Å²) in [6.45, 7) is 10.8. The summed E-state index contributed by atoms with van der Waals surface area (Å²) in [5.41, 5.74) is 3.43. The van der Waals surface area contributed by atoms with Gasteiger partial charge in [0.25, 0.3) is 5.91 Å². The lowest BCUT2D eigenvalue weighted by Gasteiger charge is -2.34. The van der Waals surface area contributed by atoms with E-state index in [9.17, 15) is 13.2 Å². The molecule has 6 nitrogen and oxygen atoms in total. The predicted octanol–water partition coefficient (Wildman–Crippen LogP) is 4.43. The maximum absolute atomic E-state index is 12.9. The van der Waals surface area contributed by atoms with Gasteiger partial charge >= 0.3 is 0 Å². The normalized spacial score (nSPS) is 27.1. The van der Waals surface area contributed by atoms with Crippen LogP contribution in [0.15, 0.2) is 18.2 Å². The number of amides is 1. The number of sulfonamides is 1. The Hall–Kier alpha value is -1.44. The smallest absolute Gasteiger partial charge is 0.251 e. The topological polar surface area (TPSA) is 69.7 Å². The van der Waals surface area contributed by atoms with E-state index in [1.54, 1.807) is 0 Å². The quantitative estimate of drug-likeness (QED) is 0.615. The number of nitrogens with zero attached hydrogens (tertiary/aromatic N) is 2. The summed E-state index contributed by atoms with van der Waals surface area (Å²) in [7, 11) is -3.11. The molecule has 3 aliphatic rings. The number of fused-ring (bicyclic) bond motifs is 1. The third kappa shape index (κ3) is 6.03. The van der Waals surface area contributed by atoms with E-state index in [0.29, 0.717) is 37.5 Å². The van der Waals surface area contributed by atoms with Crippen LogP contribution >= 0.6 is 0 Å². The van der Waals surface area contributed by atoms with Gasteiger partial charge in [0.15, 0.2) is 0 Å². The van der Waals surface area contributed by atoms with Crippen molar-refractivity contribution in [1.29, 1.82) is 0 Å². The van der Waals surface area contributed by atoms with Gasteiger partial charge in [-0.3, -0.25) is 9.69 Å². The lowest BCUT2D eigenvalue weighted by Crippen LogP contribution is -2.41. The third-order valence-electron chi connectivity index (χ3n) is 8.34. The van der Waals surface area contributed by atoms with Crippen LogP contribution in [0.4, 0.5) is 0 Å². The van der Waals surface area contributed by atoms with Gasteiger partial charge in [-0.05, 0) is 72.6 Å². The predicted molar refractivity (Wildman–Crippen MR) is 137 cm³/mol. The number of rotatable bonds is 7. The van der Waals surface area contributed by atoms with E-state index in [1.807, 2.05) is 6.07 Å². The van der Waals surface area contributed by atoms with Crippen LogP contribution in [0.2, 0.25) is 0 Å². The monoisotopic (exact) mass is 489 g/mol. The molecule has 7 heteroatoms. The van der Waals surface area contributed by atoms with Gasteiger partial charge < -0.3 is 5.32 Å². The highest BCUT2D eigenvalue weighted by Crippen LogP contribution is 2.41. The summed E-state index contributed by atoms with van der Waals surface area (Å²) in [6, 6.07) is 6.71. The average Bonchev–Trinajstić information content (AvgIpc) is 3.16. The molecule has 2 fully saturated rings. The summed E-state index contributed by atoms with van der Waals surface area (Å²) >= 11 is 0. The molecular weight excluding hydrogens is 446 g/mol. The first-order chi connectivity index (χ1) is 16.1. The molecule has 2 heterocycles. The van der Waals surface area contributed by atoms with E-state index in [0.717, 1.165) is 43.3 Å². The second-order valence-corrected chi connectivity index (χ2v) is 13.5. The van der Waals surface area contributed by atoms with Crippen molar-refractivity contribution >= 4 is 15.9 Å². The SMILES string of the molecule is CC(C)[C@H]1c2ccc(C(=O)NCC3CCN(S(C)(=O)=O)CC3)cc2CN1C[C@H]1CC[C@H](C)CC1. The number of carbonyl (C=O) groups excluding carboxylic acids is 1. The summed E-state index contributed by atoms with van der Waals surface area (Å²) in [5.74, 6) is 2.52. The Labute approximate surface area is 206 Å². The standard InChI is InChI=1S/C27H43N3O3S/c1-19(2)26-25-10-9-23(15-24(25)18-29(26)17-22-7-5-20(3)6-8-22)27(31)28-16-21-11-13-30(14-12-21)34(4,32)33/h9-10,15,19-22,26H,5-8,11-14,16-18H2,1-4H3,(H,28,31)/t20-,22-,26-/m0/s1. The first-order valence-corrected chi connectivity index (χ1v) is 15.1. The van der Waals surface area contributed by atoms with Gasteiger partial charge in [0.05, 0.1) is 6.26 Å². The Bertz CT molecular complexity index is 961. The highest BCUT2D eigenvalue weighted by Gasteiger charge is 2.34. The lowest BCUT2D eigenvalue weighted by atomic mass is 9.82. The minimum Gasteiger partial charge on any atom is -0.352 e. The highest BCUT2D eigenvalue weighted by atomic mass is 32.2. The molecule has 1 saturated heterocycles. The minimum absolute atomic E-state index is 0.0193. The van der Waals surface area contributed by atoms with Crippen LogP contribution in [-0.4, -0.2) is 56.0 Å². The van der Waals surface area contributed by atoms with Gasteiger partial charge in [0.2, 0.25) is 10.0 Å². The molecule has 1 aromatic carbocycles. The number of benzene rings is 1. The van der Waals surface area contributed by atoms with Crippen molar-refractivity contribution in [3.63, 3.8) is 0 Å². The molecule has 0 unspecified atom stereocenters. The van der Waals surface area contributed by atoms with Crippen LogP contribution in [0.25, 0.3) is 0 Å². The Morgan fingerprint density at radius 1 is 1.06 bits per heavy atom. The van der Waals surface area contributed by atoms with Crippen molar-refractivity contribution < 1.29 is 13.2 Å². The largest absolute Gasteiger partial charge is 0.352 e. The number of hydrogen-bond acceptors (Lipinski definition) is 4. The van der Waals surface area contributed by atoms with E-state index in [1.165, 1.54) is 47.4 Å². The van der Waals surface area contributed by atoms with Crippen LogP contribution in [0.1, 0.15) is 86.8 Å². The van der Waals surface area contributed by atoms with Gasteiger partial charge in [-0.15, -0.1) is 0 Å². The van der Waals surface area contributed by atoms with Crippen molar-refractivity contribution in [3.05, 3.63) is 34.9 Å². The molecule has 1 N–H and O–H groups in total. The summed E-state index contributed by atoms with van der Waals surface area (Å²) in [5, 5.41) is 3.11. The summed E-state index contributed by atoms with van der Waals surface area (Å²) in [6.07, 6.45) is 8.25. The lowest BCUT2D eigenvalue weighted by molar-refractivity contribution is 0.0941. The number of piperidine rings is 1. The molecule has 1 amide bonds. The maximum Gasteiger partial charge on any atom is 0.251 e. The van der Waals surface area contributed by atoms with Crippen molar-refractivity contribution in [2.24, 2.45) is 23.7 Å². The first-order valence-electron chi connectivity index (χ1n) is 13.2. The molecule has 0 bridgehead atoms. The first kappa shape index (κ1) is 25.6. The molecular formula is C27H43N3O3S. The van der Waals surface area contributed by atoms with E-state index >= 15 is 0 Å². The fourth-order valence-electron chi connectivity index (χ4n) is 6.27. The van der Waals surface area contributed by atoms with Gasteiger partial charge in [0, 0.05) is 44.3 Å². The van der Waals surface area contributed by atoms with Gasteiger partial charge in [0.1, 0.15) is 0 Å². The molecule has 190 valence electrons. The van der Waals surface area contributed by atoms with Crippen LogP contribution in [0, 0.1) is 23.7 Å². The molecule has 34 heavy (non-hydrogen) atoms. The van der Waals surface area contributed by atoms with Crippen molar-refractivity contribution in [2.45, 2.75) is 71.9 Å². The van der Waals surface area contributed by atoms with E-state index in [4.69, 9.17) is 0 Å². The zero-order valence-corrected chi connectivity index (χ0v) is 22.2. The molecule has 1 saturated carbocycles. The molecule has 2 aliphatic heterocycles. The van der Waals surface area contributed by atoms with Gasteiger partial charge in [-0.1, -0.05) is 39.7 Å². The molecule has 1 aliphatic carbocycles. The summed E-state index contributed by atoms with van der Waals surface area (Å²) < 4.78 is 24.9. The van der Waals surface area contributed by atoms with Gasteiger partial charge in [-0.2, -0.15) is 0 Å².